The van der Waals surface area contributed by atoms with Gasteiger partial charge in [0.15, 0.2) is 0 Å². The van der Waals surface area contributed by atoms with Crippen LogP contribution in [-0.4, -0.2) is 30.2 Å². The summed E-state index contributed by atoms with van der Waals surface area (Å²) in [4.78, 5) is 24.6. The molecule has 7 heteroatoms. The summed E-state index contributed by atoms with van der Waals surface area (Å²) >= 11 is 0. The van der Waals surface area contributed by atoms with Crippen LogP contribution >= 0.6 is 0 Å². The average molecular weight is 307 g/mol. The molecule has 0 saturated carbocycles. The van der Waals surface area contributed by atoms with Crippen LogP contribution in [0.3, 0.4) is 0 Å². The summed E-state index contributed by atoms with van der Waals surface area (Å²) < 4.78 is 5.42. The fourth-order valence-electron chi connectivity index (χ4n) is 2.48. The summed E-state index contributed by atoms with van der Waals surface area (Å²) in [6.07, 6.45) is 1.03. The molecule has 0 bridgehead atoms. The summed E-state index contributed by atoms with van der Waals surface area (Å²) in [5.41, 5.74) is 1.30. The predicted molar refractivity (Wildman–Crippen MR) is 84.5 cm³/mol. The fraction of sp³-hybridized carbons (Fsp3) is 0.533. The lowest BCUT2D eigenvalue weighted by molar-refractivity contribution is -0.384. The molecule has 0 aromatic heterocycles. The molecule has 1 aromatic rings. The number of nitro groups is 1. The maximum Gasteiger partial charge on any atom is 0.414 e. The lowest BCUT2D eigenvalue weighted by atomic mass is 10.0. The van der Waals surface area contributed by atoms with Crippen molar-refractivity contribution in [1.29, 1.82) is 0 Å². The number of hydrogen-bond acceptors (Lipinski definition) is 5. The number of ether oxygens (including phenoxy) is 1. The monoisotopic (exact) mass is 307 g/mol. The van der Waals surface area contributed by atoms with Crippen molar-refractivity contribution in [2.75, 3.05) is 23.8 Å². The van der Waals surface area contributed by atoms with E-state index in [-0.39, 0.29) is 5.69 Å². The molecule has 1 amide bonds. The van der Waals surface area contributed by atoms with Crippen molar-refractivity contribution in [3.8, 4) is 0 Å². The van der Waals surface area contributed by atoms with E-state index in [0.29, 0.717) is 24.3 Å². The number of carbonyl (C=O) groups is 1. The number of nitro benzene ring substituents is 1. The topological polar surface area (TPSA) is 84.7 Å². The molecule has 0 atom stereocenters. The standard InChI is InChI=1S/C15H21N3O4/c1-15(2,3)22-14(19)17-7-5-6-10-8-13(18(20)21)11(16-4)9-12(10)17/h8-9,16H,5-7H2,1-4H3. The van der Waals surface area contributed by atoms with Gasteiger partial charge in [-0.05, 0) is 45.2 Å². The highest BCUT2D eigenvalue weighted by Crippen LogP contribution is 2.36. The number of benzene rings is 1. The van der Waals surface area contributed by atoms with E-state index in [1.807, 2.05) is 20.8 Å². The third-order valence-electron chi connectivity index (χ3n) is 3.40. The number of hydrogen-bond donors (Lipinski definition) is 1. The van der Waals surface area contributed by atoms with Crippen LogP contribution in [0.4, 0.5) is 21.9 Å². The van der Waals surface area contributed by atoms with Gasteiger partial charge in [-0.1, -0.05) is 0 Å². The molecule has 120 valence electrons. The lowest BCUT2D eigenvalue weighted by Crippen LogP contribution is -2.39. The average Bonchev–Trinajstić information content (AvgIpc) is 2.43. The van der Waals surface area contributed by atoms with Crippen LogP contribution in [0, 0.1) is 10.1 Å². The zero-order chi connectivity index (χ0) is 16.5. The van der Waals surface area contributed by atoms with Crippen LogP contribution < -0.4 is 10.2 Å². The first-order valence-electron chi connectivity index (χ1n) is 7.22. The Hall–Kier alpha value is -2.31. The molecule has 0 fully saturated rings. The molecule has 1 N–H and O–H groups in total. The Bertz CT molecular complexity index is 608. The molecule has 1 heterocycles. The van der Waals surface area contributed by atoms with Gasteiger partial charge in [0.25, 0.3) is 5.69 Å². The minimum absolute atomic E-state index is 0.0206. The van der Waals surface area contributed by atoms with Crippen LogP contribution in [0.25, 0.3) is 0 Å². The van der Waals surface area contributed by atoms with E-state index < -0.39 is 16.6 Å². The van der Waals surface area contributed by atoms with Gasteiger partial charge in [0.2, 0.25) is 0 Å². The second-order valence-electron chi connectivity index (χ2n) is 6.24. The number of anilines is 2. The molecule has 7 nitrogen and oxygen atoms in total. The SMILES string of the molecule is CNc1cc2c(cc1[N+](=O)[O-])CCCN2C(=O)OC(C)(C)C. The van der Waals surface area contributed by atoms with Crippen LogP contribution in [-0.2, 0) is 11.2 Å². The molecule has 0 aliphatic carbocycles. The van der Waals surface area contributed by atoms with Crippen LogP contribution in [0.2, 0.25) is 0 Å². The molecular weight excluding hydrogens is 286 g/mol. The third-order valence-corrected chi connectivity index (χ3v) is 3.40. The van der Waals surface area contributed by atoms with Crippen LogP contribution in [0.5, 0.6) is 0 Å². The van der Waals surface area contributed by atoms with E-state index in [4.69, 9.17) is 4.74 Å². The van der Waals surface area contributed by atoms with Crippen LogP contribution in [0.15, 0.2) is 12.1 Å². The summed E-state index contributed by atoms with van der Waals surface area (Å²) in [7, 11) is 1.62. The number of nitrogens with zero attached hydrogens (tertiary/aromatic N) is 2. The van der Waals surface area contributed by atoms with Crippen molar-refractivity contribution < 1.29 is 14.5 Å². The minimum Gasteiger partial charge on any atom is -0.443 e. The molecule has 0 radical (unpaired) electrons. The Morgan fingerprint density at radius 3 is 2.64 bits per heavy atom. The number of amides is 1. The van der Waals surface area contributed by atoms with Crippen molar-refractivity contribution in [2.24, 2.45) is 0 Å². The molecule has 1 aromatic carbocycles. The highest BCUT2D eigenvalue weighted by atomic mass is 16.6. The van der Waals surface area contributed by atoms with Crippen molar-refractivity contribution in [2.45, 2.75) is 39.2 Å². The Kier molecular flexibility index (Phi) is 4.25. The maximum atomic E-state index is 12.3. The molecule has 1 aliphatic heterocycles. The predicted octanol–water partition coefficient (Wildman–Crippen LogP) is 3.32. The van der Waals surface area contributed by atoms with Gasteiger partial charge in [-0.2, -0.15) is 0 Å². The Labute approximate surface area is 129 Å². The van der Waals surface area contributed by atoms with Gasteiger partial charge in [-0.25, -0.2) is 4.79 Å². The van der Waals surface area contributed by atoms with E-state index in [0.717, 1.165) is 12.0 Å². The second kappa shape index (κ2) is 5.82. The van der Waals surface area contributed by atoms with Gasteiger partial charge in [-0.15, -0.1) is 0 Å². The van der Waals surface area contributed by atoms with Gasteiger partial charge in [0, 0.05) is 19.7 Å². The maximum absolute atomic E-state index is 12.3. The van der Waals surface area contributed by atoms with E-state index in [2.05, 4.69) is 5.32 Å². The molecular formula is C15H21N3O4. The molecule has 0 spiro atoms. The summed E-state index contributed by atoms with van der Waals surface area (Å²) in [6.45, 7) is 5.97. The van der Waals surface area contributed by atoms with E-state index in [1.165, 1.54) is 6.07 Å². The summed E-state index contributed by atoms with van der Waals surface area (Å²) in [5.74, 6) is 0. The Morgan fingerprint density at radius 2 is 2.09 bits per heavy atom. The number of rotatable bonds is 2. The van der Waals surface area contributed by atoms with Gasteiger partial charge in [0.1, 0.15) is 11.3 Å². The van der Waals surface area contributed by atoms with Gasteiger partial charge in [-0.3, -0.25) is 15.0 Å². The molecule has 2 rings (SSSR count). The number of nitrogens with one attached hydrogen (secondary N) is 1. The highest BCUT2D eigenvalue weighted by Gasteiger charge is 2.29. The van der Waals surface area contributed by atoms with Crippen molar-refractivity contribution in [3.05, 3.63) is 27.8 Å². The summed E-state index contributed by atoms with van der Waals surface area (Å²) in [5, 5.41) is 13.9. The van der Waals surface area contributed by atoms with Gasteiger partial charge in [0.05, 0.1) is 10.6 Å². The minimum atomic E-state index is -0.582. The number of carbonyl (C=O) groups excluding carboxylic acids is 1. The van der Waals surface area contributed by atoms with E-state index >= 15 is 0 Å². The zero-order valence-corrected chi connectivity index (χ0v) is 13.3. The van der Waals surface area contributed by atoms with Gasteiger partial charge >= 0.3 is 6.09 Å². The normalized spacial score (nSPS) is 14.3. The first-order valence-corrected chi connectivity index (χ1v) is 7.22. The largest absolute Gasteiger partial charge is 0.443 e. The quantitative estimate of drug-likeness (QED) is 0.669. The van der Waals surface area contributed by atoms with Crippen molar-refractivity contribution in [3.63, 3.8) is 0 Å². The number of fused-ring (bicyclic) bond motifs is 1. The fourth-order valence-corrected chi connectivity index (χ4v) is 2.48. The van der Waals surface area contributed by atoms with E-state index in [1.54, 1.807) is 18.0 Å². The first kappa shape index (κ1) is 16.1. The molecule has 1 aliphatic rings. The highest BCUT2D eigenvalue weighted by molar-refractivity contribution is 5.91. The molecule has 22 heavy (non-hydrogen) atoms. The first-order chi connectivity index (χ1) is 10.2. The molecule has 0 unspecified atom stereocenters. The number of aryl methyl sites for hydroxylation is 1. The van der Waals surface area contributed by atoms with Crippen molar-refractivity contribution in [1.82, 2.24) is 0 Å². The van der Waals surface area contributed by atoms with Crippen LogP contribution in [0.1, 0.15) is 32.8 Å². The zero-order valence-electron chi connectivity index (χ0n) is 13.3. The smallest absolute Gasteiger partial charge is 0.414 e. The summed E-state index contributed by atoms with van der Waals surface area (Å²) in [6, 6.07) is 3.19. The Balaban J connectivity index is 2.42. The second-order valence-corrected chi connectivity index (χ2v) is 6.24. The van der Waals surface area contributed by atoms with Crippen molar-refractivity contribution >= 4 is 23.2 Å². The Morgan fingerprint density at radius 1 is 1.41 bits per heavy atom. The molecule has 0 saturated heterocycles. The third kappa shape index (κ3) is 3.29. The van der Waals surface area contributed by atoms with Gasteiger partial charge < -0.3 is 10.1 Å². The lowest BCUT2D eigenvalue weighted by Gasteiger charge is -2.31. The van der Waals surface area contributed by atoms with E-state index in [9.17, 15) is 14.9 Å².